The first-order valence-electron chi connectivity index (χ1n) is 5.16. The Bertz CT molecular complexity index is 477. The third-order valence-electron chi connectivity index (χ3n) is 2.83. The van der Waals surface area contributed by atoms with Gasteiger partial charge in [0.1, 0.15) is 0 Å². The molecule has 74 valence electrons. The zero-order chi connectivity index (χ0) is 10.1. The highest BCUT2D eigenvalue weighted by atomic mass is 14.9. The van der Waals surface area contributed by atoms with E-state index in [-0.39, 0.29) is 0 Å². The average molecular weight is 196 g/mol. The molecule has 2 heteroatoms. The number of hydrogen-bond donors (Lipinski definition) is 1. The Kier molecular flexibility index (Phi) is 2.00. The monoisotopic (exact) mass is 196 g/mol. The molecule has 0 saturated heterocycles. The van der Waals surface area contributed by atoms with Crippen molar-refractivity contribution < 1.29 is 0 Å². The number of rotatable bonds is 1. The van der Waals surface area contributed by atoms with Crippen LogP contribution in [0.1, 0.15) is 11.1 Å². The molecule has 0 fully saturated rings. The summed E-state index contributed by atoms with van der Waals surface area (Å²) < 4.78 is 0. The van der Waals surface area contributed by atoms with E-state index in [9.17, 15) is 0 Å². The van der Waals surface area contributed by atoms with E-state index < -0.39 is 0 Å². The van der Waals surface area contributed by atoms with Crippen molar-refractivity contribution in [2.75, 3.05) is 0 Å². The molecular weight excluding hydrogens is 184 g/mol. The fourth-order valence-corrected chi connectivity index (χ4v) is 2.01. The molecule has 2 nitrogen and oxygen atoms in total. The van der Waals surface area contributed by atoms with Crippen molar-refractivity contribution in [1.82, 2.24) is 10.3 Å². The molecule has 0 bridgehead atoms. The molecule has 15 heavy (non-hydrogen) atoms. The lowest BCUT2D eigenvalue weighted by Gasteiger charge is -2.03. The lowest BCUT2D eigenvalue weighted by atomic mass is 10.0. The highest BCUT2D eigenvalue weighted by molar-refractivity contribution is 5.64. The molecule has 1 N–H and O–H groups in total. The Morgan fingerprint density at radius 1 is 1.00 bits per heavy atom. The fourth-order valence-electron chi connectivity index (χ4n) is 2.01. The molecule has 1 aliphatic rings. The van der Waals surface area contributed by atoms with Gasteiger partial charge in [0.05, 0.1) is 0 Å². The minimum atomic E-state index is 0.990. The first-order valence-corrected chi connectivity index (χ1v) is 5.16. The summed E-state index contributed by atoms with van der Waals surface area (Å²) in [6.07, 6.45) is 3.71. The van der Waals surface area contributed by atoms with E-state index in [4.69, 9.17) is 0 Å². The number of aromatic nitrogens is 1. The molecule has 0 amide bonds. The van der Waals surface area contributed by atoms with Gasteiger partial charge in [0.2, 0.25) is 0 Å². The van der Waals surface area contributed by atoms with E-state index in [1.165, 1.54) is 22.3 Å². The van der Waals surface area contributed by atoms with Crippen LogP contribution in [0.15, 0.2) is 42.7 Å². The van der Waals surface area contributed by atoms with E-state index in [1.54, 1.807) is 6.20 Å². The van der Waals surface area contributed by atoms with Crippen LogP contribution in [0.25, 0.3) is 11.1 Å². The van der Waals surface area contributed by atoms with Crippen LogP contribution in [0.3, 0.4) is 0 Å². The van der Waals surface area contributed by atoms with Crippen LogP contribution in [-0.4, -0.2) is 4.98 Å². The van der Waals surface area contributed by atoms with Gasteiger partial charge in [-0.3, -0.25) is 4.98 Å². The highest BCUT2D eigenvalue weighted by Gasteiger charge is 2.10. The Hall–Kier alpha value is -1.67. The topological polar surface area (TPSA) is 24.9 Å². The summed E-state index contributed by atoms with van der Waals surface area (Å²) in [4.78, 5) is 4.14. The second-order valence-corrected chi connectivity index (χ2v) is 3.83. The van der Waals surface area contributed by atoms with E-state index in [2.05, 4.69) is 34.6 Å². The van der Waals surface area contributed by atoms with Gasteiger partial charge in [-0.15, -0.1) is 0 Å². The van der Waals surface area contributed by atoms with Crippen molar-refractivity contribution in [1.29, 1.82) is 0 Å². The summed E-state index contributed by atoms with van der Waals surface area (Å²) in [7, 11) is 0. The van der Waals surface area contributed by atoms with Crippen LogP contribution in [0.5, 0.6) is 0 Å². The van der Waals surface area contributed by atoms with Crippen molar-refractivity contribution in [3.05, 3.63) is 53.9 Å². The first-order chi connectivity index (χ1) is 7.43. The summed E-state index contributed by atoms with van der Waals surface area (Å²) >= 11 is 0. The van der Waals surface area contributed by atoms with Gasteiger partial charge in [-0.2, -0.15) is 0 Å². The summed E-state index contributed by atoms with van der Waals surface area (Å²) in [5, 5.41) is 3.35. The zero-order valence-electron chi connectivity index (χ0n) is 8.40. The van der Waals surface area contributed by atoms with Gasteiger partial charge >= 0.3 is 0 Å². The summed E-state index contributed by atoms with van der Waals surface area (Å²) in [6, 6.07) is 10.7. The molecule has 0 spiro atoms. The molecule has 0 atom stereocenters. The number of pyridine rings is 1. The molecule has 0 aliphatic carbocycles. The molecule has 1 aromatic heterocycles. The SMILES string of the molecule is c1cncc(-c2ccc3c(c2)CNC3)c1. The molecule has 0 radical (unpaired) electrons. The maximum atomic E-state index is 4.14. The number of fused-ring (bicyclic) bond motifs is 1. The van der Waals surface area contributed by atoms with Gasteiger partial charge in [0.25, 0.3) is 0 Å². The molecule has 3 rings (SSSR count). The normalized spacial score (nSPS) is 13.9. The van der Waals surface area contributed by atoms with Crippen LogP contribution in [-0.2, 0) is 13.1 Å². The third kappa shape index (κ3) is 1.53. The molecule has 1 aliphatic heterocycles. The van der Waals surface area contributed by atoms with Gasteiger partial charge in [-0.1, -0.05) is 18.2 Å². The highest BCUT2D eigenvalue weighted by Crippen LogP contribution is 2.24. The van der Waals surface area contributed by atoms with Crippen LogP contribution in [0.2, 0.25) is 0 Å². The van der Waals surface area contributed by atoms with Gasteiger partial charge in [-0.25, -0.2) is 0 Å². The van der Waals surface area contributed by atoms with Gasteiger partial charge in [0.15, 0.2) is 0 Å². The average Bonchev–Trinajstić information content (AvgIpc) is 2.77. The molecule has 0 unspecified atom stereocenters. The standard InChI is InChI=1S/C13H12N2/c1-2-11(7-14-5-1)10-3-4-12-8-15-9-13(12)6-10/h1-7,15H,8-9H2. The van der Waals surface area contributed by atoms with Crippen LogP contribution in [0.4, 0.5) is 0 Å². The largest absolute Gasteiger partial charge is 0.309 e. The minimum Gasteiger partial charge on any atom is -0.309 e. The van der Waals surface area contributed by atoms with Crippen molar-refractivity contribution in [3.8, 4) is 11.1 Å². The number of nitrogens with zero attached hydrogens (tertiary/aromatic N) is 1. The number of hydrogen-bond acceptors (Lipinski definition) is 2. The van der Waals surface area contributed by atoms with Gasteiger partial charge < -0.3 is 5.32 Å². The Morgan fingerprint density at radius 3 is 2.80 bits per heavy atom. The van der Waals surface area contributed by atoms with E-state index in [0.29, 0.717) is 0 Å². The first kappa shape index (κ1) is 8.62. The van der Waals surface area contributed by atoms with Crippen LogP contribution < -0.4 is 5.32 Å². The molecule has 2 heterocycles. The smallest absolute Gasteiger partial charge is 0.0346 e. The predicted octanol–water partition coefficient (Wildman–Crippen LogP) is 2.35. The third-order valence-corrected chi connectivity index (χ3v) is 2.83. The Balaban J connectivity index is 2.07. The van der Waals surface area contributed by atoms with E-state index in [0.717, 1.165) is 13.1 Å². The van der Waals surface area contributed by atoms with Crippen molar-refractivity contribution in [3.63, 3.8) is 0 Å². The summed E-state index contributed by atoms with van der Waals surface area (Å²) in [5.74, 6) is 0. The zero-order valence-corrected chi connectivity index (χ0v) is 8.40. The predicted molar refractivity (Wildman–Crippen MR) is 60.2 cm³/mol. The lowest BCUT2D eigenvalue weighted by Crippen LogP contribution is -1.99. The maximum Gasteiger partial charge on any atom is 0.0346 e. The number of benzene rings is 1. The Labute approximate surface area is 89.0 Å². The summed E-state index contributed by atoms with van der Waals surface area (Å²) in [5.41, 5.74) is 5.27. The van der Waals surface area contributed by atoms with E-state index >= 15 is 0 Å². The van der Waals surface area contributed by atoms with Crippen LogP contribution >= 0.6 is 0 Å². The van der Waals surface area contributed by atoms with Crippen molar-refractivity contribution in [2.24, 2.45) is 0 Å². The second kappa shape index (κ2) is 3.48. The molecule has 0 saturated carbocycles. The molecule has 1 aromatic carbocycles. The van der Waals surface area contributed by atoms with Gasteiger partial charge in [-0.05, 0) is 34.4 Å². The quantitative estimate of drug-likeness (QED) is 0.757. The minimum absolute atomic E-state index is 0.990. The second-order valence-electron chi connectivity index (χ2n) is 3.83. The van der Waals surface area contributed by atoms with Gasteiger partial charge in [0, 0.05) is 25.5 Å². The lowest BCUT2D eigenvalue weighted by molar-refractivity contribution is 0.765. The number of nitrogens with one attached hydrogen (secondary N) is 1. The van der Waals surface area contributed by atoms with Crippen molar-refractivity contribution >= 4 is 0 Å². The molecular formula is C13H12N2. The van der Waals surface area contributed by atoms with E-state index in [1.807, 2.05) is 12.3 Å². The summed E-state index contributed by atoms with van der Waals surface area (Å²) in [6.45, 7) is 1.99. The Morgan fingerprint density at radius 2 is 1.93 bits per heavy atom. The maximum absolute atomic E-state index is 4.14. The van der Waals surface area contributed by atoms with Crippen LogP contribution in [0, 0.1) is 0 Å². The molecule has 2 aromatic rings. The fraction of sp³-hybridized carbons (Fsp3) is 0.154. The van der Waals surface area contributed by atoms with Crippen molar-refractivity contribution in [2.45, 2.75) is 13.1 Å².